The van der Waals surface area contributed by atoms with Gasteiger partial charge in [0.2, 0.25) is 0 Å². The van der Waals surface area contributed by atoms with E-state index < -0.39 is 10.0 Å². The zero-order valence-corrected chi connectivity index (χ0v) is 12.7. The van der Waals surface area contributed by atoms with Crippen LogP contribution in [0.25, 0.3) is 11.3 Å². The highest BCUT2D eigenvalue weighted by Crippen LogP contribution is 2.26. The summed E-state index contributed by atoms with van der Waals surface area (Å²) in [5.74, 6) is 0.610. The van der Waals surface area contributed by atoms with Crippen LogP contribution in [0.4, 0.5) is 5.69 Å². The zero-order valence-electron chi connectivity index (χ0n) is 10.4. The topological polar surface area (TPSA) is 85.1 Å². The standard InChI is InChI=1S/C12H8ClN3O3S2/c13-12-15-6-11(20-12)21(17,18)16-9-3-1-8(2-4-9)10-5-14-7-19-10/h1-7,16H. The predicted octanol–water partition coefficient (Wildman–Crippen LogP) is 3.25. The lowest BCUT2D eigenvalue weighted by Gasteiger charge is -2.06. The van der Waals surface area contributed by atoms with E-state index in [4.69, 9.17) is 16.0 Å². The molecule has 0 radical (unpaired) electrons. The van der Waals surface area contributed by atoms with Crippen molar-refractivity contribution in [3.8, 4) is 11.3 Å². The largest absolute Gasteiger partial charge is 0.444 e. The first-order valence-corrected chi connectivity index (χ1v) is 8.35. The Hall–Kier alpha value is -1.90. The van der Waals surface area contributed by atoms with E-state index in [0.29, 0.717) is 11.4 Å². The number of halogens is 1. The first kappa shape index (κ1) is 14.1. The summed E-state index contributed by atoms with van der Waals surface area (Å²) in [6.07, 6.45) is 4.14. The Bertz CT molecular complexity index is 842. The number of benzene rings is 1. The third-order valence-electron chi connectivity index (χ3n) is 2.58. The second kappa shape index (κ2) is 5.47. The summed E-state index contributed by atoms with van der Waals surface area (Å²) in [7, 11) is -3.67. The van der Waals surface area contributed by atoms with Gasteiger partial charge in [-0.05, 0) is 24.3 Å². The fraction of sp³-hybridized carbons (Fsp3) is 0. The van der Waals surface area contributed by atoms with Crippen LogP contribution in [0.2, 0.25) is 4.47 Å². The van der Waals surface area contributed by atoms with E-state index in [9.17, 15) is 8.42 Å². The molecule has 0 aliphatic rings. The van der Waals surface area contributed by atoms with Gasteiger partial charge in [0.1, 0.15) is 0 Å². The molecule has 3 aromatic rings. The molecule has 6 nitrogen and oxygen atoms in total. The molecule has 0 aliphatic carbocycles. The van der Waals surface area contributed by atoms with Gasteiger partial charge < -0.3 is 4.42 Å². The number of thiazole rings is 1. The fourth-order valence-corrected chi connectivity index (χ4v) is 3.98. The summed E-state index contributed by atoms with van der Waals surface area (Å²) in [5.41, 5.74) is 1.24. The summed E-state index contributed by atoms with van der Waals surface area (Å²) in [5, 5.41) is 0. The van der Waals surface area contributed by atoms with E-state index in [1.807, 2.05) is 0 Å². The number of aromatic nitrogens is 2. The summed E-state index contributed by atoms with van der Waals surface area (Å²) in [6, 6.07) is 6.74. The van der Waals surface area contributed by atoms with Crippen molar-refractivity contribution in [1.82, 2.24) is 9.97 Å². The van der Waals surface area contributed by atoms with Crippen molar-refractivity contribution >= 4 is 38.6 Å². The Balaban J connectivity index is 1.82. The van der Waals surface area contributed by atoms with Crippen LogP contribution in [0.15, 0.2) is 51.7 Å². The van der Waals surface area contributed by atoms with Crippen LogP contribution in [0, 0.1) is 0 Å². The van der Waals surface area contributed by atoms with Crippen molar-refractivity contribution in [3.05, 3.63) is 47.5 Å². The highest BCUT2D eigenvalue weighted by Gasteiger charge is 2.17. The summed E-state index contributed by atoms with van der Waals surface area (Å²) >= 11 is 6.54. The van der Waals surface area contributed by atoms with E-state index in [1.54, 1.807) is 30.5 Å². The average molecular weight is 342 g/mol. The Labute approximate surface area is 129 Å². The number of hydrogen-bond donors (Lipinski definition) is 1. The van der Waals surface area contributed by atoms with E-state index in [1.165, 1.54) is 12.6 Å². The number of nitrogens with one attached hydrogen (secondary N) is 1. The monoisotopic (exact) mass is 341 g/mol. The van der Waals surface area contributed by atoms with Crippen LogP contribution in [0.5, 0.6) is 0 Å². The molecule has 0 aliphatic heterocycles. The maximum absolute atomic E-state index is 12.1. The van der Waals surface area contributed by atoms with Crippen molar-refractivity contribution in [3.63, 3.8) is 0 Å². The molecule has 1 aromatic carbocycles. The highest BCUT2D eigenvalue weighted by molar-refractivity contribution is 7.94. The van der Waals surface area contributed by atoms with Crippen molar-refractivity contribution in [1.29, 1.82) is 0 Å². The van der Waals surface area contributed by atoms with Gasteiger partial charge in [0.25, 0.3) is 10.0 Å². The van der Waals surface area contributed by atoms with E-state index in [2.05, 4.69) is 14.7 Å². The van der Waals surface area contributed by atoms with Crippen LogP contribution in [0.3, 0.4) is 0 Å². The van der Waals surface area contributed by atoms with Crippen molar-refractivity contribution < 1.29 is 12.8 Å². The lowest BCUT2D eigenvalue weighted by molar-refractivity contribution is 0.572. The number of sulfonamides is 1. The summed E-state index contributed by atoms with van der Waals surface area (Å²) in [6.45, 7) is 0. The lowest BCUT2D eigenvalue weighted by Crippen LogP contribution is -2.11. The van der Waals surface area contributed by atoms with Crippen LogP contribution in [-0.2, 0) is 10.0 Å². The first-order chi connectivity index (χ1) is 10.0. The van der Waals surface area contributed by atoms with Crippen molar-refractivity contribution in [2.24, 2.45) is 0 Å². The Morgan fingerprint density at radius 2 is 1.95 bits per heavy atom. The SMILES string of the molecule is O=S(=O)(Nc1ccc(-c2cnco2)cc1)c1cnc(Cl)s1. The molecule has 0 bridgehead atoms. The Morgan fingerprint density at radius 3 is 2.52 bits per heavy atom. The molecule has 0 saturated heterocycles. The van der Waals surface area contributed by atoms with Gasteiger partial charge in [-0.3, -0.25) is 4.72 Å². The first-order valence-electron chi connectivity index (χ1n) is 5.68. The average Bonchev–Trinajstić information content (AvgIpc) is 3.10. The van der Waals surface area contributed by atoms with E-state index in [0.717, 1.165) is 16.9 Å². The third-order valence-corrected chi connectivity index (χ3v) is 5.53. The molecule has 0 atom stereocenters. The van der Waals surface area contributed by atoms with Gasteiger partial charge in [0, 0.05) is 11.3 Å². The molecule has 2 aromatic heterocycles. The molecule has 108 valence electrons. The smallest absolute Gasteiger partial charge is 0.273 e. The van der Waals surface area contributed by atoms with Gasteiger partial charge in [-0.2, -0.15) is 0 Å². The van der Waals surface area contributed by atoms with Crippen LogP contribution < -0.4 is 4.72 Å². The van der Waals surface area contributed by atoms with Gasteiger partial charge in [0.15, 0.2) is 20.8 Å². The molecule has 0 unspecified atom stereocenters. The molecule has 9 heteroatoms. The van der Waals surface area contributed by atoms with Gasteiger partial charge in [-0.1, -0.05) is 22.9 Å². The summed E-state index contributed by atoms with van der Waals surface area (Å²) < 4.78 is 32.1. The molecule has 0 amide bonds. The molecular weight excluding hydrogens is 334 g/mol. The molecule has 0 spiro atoms. The van der Waals surface area contributed by atoms with Crippen LogP contribution in [0.1, 0.15) is 0 Å². The van der Waals surface area contributed by atoms with Gasteiger partial charge in [0.05, 0.1) is 12.4 Å². The summed E-state index contributed by atoms with van der Waals surface area (Å²) in [4.78, 5) is 7.54. The van der Waals surface area contributed by atoms with Gasteiger partial charge in [-0.15, -0.1) is 0 Å². The number of anilines is 1. The zero-order chi connectivity index (χ0) is 14.9. The number of oxazole rings is 1. The second-order valence-corrected chi connectivity index (χ2v) is 7.50. The Morgan fingerprint density at radius 1 is 1.19 bits per heavy atom. The van der Waals surface area contributed by atoms with Gasteiger partial charge >= 0.3 is 0 Å². The molecule has 1 N–H and O–H groups in total. The minimum atomic E-state index is -3.67. The van der Waals surface area contributed by atoms with Crippen molar-refractivity contribution in [2.45, 2.75) is 4.21 Å². The molecule has 0 fully saturated rings. The van der Waals surface area contributed by atoms with E-state index in [-0.39, 0.29) is 8.68 Å². The third kappa shape index (κ3) is 3.07. The second-order valence-electron chi connectivity index (χ2n) is 3.98. The number of hydrogen-bond acceptors (Lipinski definition) is 6. The van der Waals surface area contributed by atoms with Crippen LogP contribution >= 0.6 is 22.9 Å². The van der Waals surface area contributed by atoms with Crippen molar-refractivity contribution in [2.75, 3.05) is 4.72 Å². The normalized spacial score (nSPS) is 11.5. The quantitative estimate of drug-likeness (QED) is 0.787. The van der Waals surface area contributed by atoms with Crippen LogP contribution in [-0.4, -0.2) is 18.4 Å². The maximum Gasteiger partial charge on any atom is 0.273 e. The Kier molecular flexibility index (Phi) is 3.66. The fourth-order valence-electron chi connectivity index (χ4n) is 1.63. The number of nitrogens with zero attached hydrogens (tertiary/aromatic N) is 2. The maximum atomic E-state index is 12.1. The molecule has 2 heterocycles. The minimum absolute atomic E-state index is 0.0619. The number of rotatable bonds is 4. The van der Waals surface area contributed by atoms with E-state index >= 15 is 0 Å². The highest BCUT2D eigenvalue weighted by atomic mass is 35.5. The molecular formula is C12H8ClN3O3S2. The molecule has 0 saturated carbocycles. The lowest BCUT2D eigenvalue weighted by atomic mass is 10.2. The minimum Gasteiger partial charge on any atom is -0.444 e. The molecule has 21 heavy (non-hydrogen) atoms. The van der Waals surface area contributed by atoms with Gasteiger partial charge in [-0.25, -0.2) is 18.4 Å². The predicted molar refractivity (Wildman–Crippen MR) is 79.9 cm³/mol. The molecule has 3 rings (SSSR count).